The molecule has 0 radical (unpaired) electrons. The van der Waals surface area contributed by atoms with E-state index >= 15 is 0 Å². The minimum atomic E-state index is -2.94. The van der Waals surface area contributed by atoms with Crippen LogP contribution in [0, 0.1) is 0 Å². The summed E-state index contributed by atoms with van der Waals surface area (Å²) in [5, 5.41) is 5.21. The van der Waals surface area contributed by atoms with E-state index in [-0.39, 0.29) is 18.0 Å². The fourth-order valence-corrected chi connectivity index (χ4v) is 2.57. The van der Waals surface area contributed by atoms with E-state index in [0.29, 0.717) is 16.9 Å². The van der Waals surface area contributed by atoms with Gasteiger partial charge in [0, 0.05) is 18.2 Å². The lowest BCUT2D eigenvalue weighted by molar-refractivity contribution is -0.117. The van der Waals surface area contributed by atoms with Crippen LogP contribution in [0.5, 0.6) is 5.75 Å². The monoisotopic (exact) mass is 412 g/mol. The quantitative estimate of drug-likeness (QED) is 0.549. The molecule has 0 aliphatic carbocycles. The zero-order valence-electron chi connectivity index (χ0n) is 15.7. The fourth-order valence-electron chi connectivity index (χ4n) is 2.57. The number of benzene rings is 2. The first kappa shape index (κ1) is 20.8. The molecule has 3 aromatic rings. The molecule has 6 nitrogen and oxygen atoms in total. The Labute approximate surface area is 171 Å². The zero-order valence-corrected chi connectivity index (χ0v) is 15.7. The second kappa shape index (κ2) is 10.0. The Morgan fingerprint density at radius 2 is 1.83 bits per heavy atom. The molecule has 30 heavy (non-hydrogen) atoms. The van der Waals surface area contributed by atoms with Crippen LogP contribution in [-0.4, -0.2) is 18.4 Å². The van der Waals surface area contributed by atoms with Gasteiger partial charge in [-0.25, -0.2) is 0 Å². The van der Waals surface area contributed by atoms with Gasteiger partial charge in [-0.15, -0.1) is 0 Å². The highest BCUT2D eigenvalue weighted by molar-refractivity contribution is 6.05. The molecule has 0 fully saturated rings. The molecule has 0 bridgehead atoms. The molecule has 3 rings (SSSR count). The first-order valence-corrected chi connectivity index (χ1v) is 8.95. The van der Waals surface area contributed by atoms with Gasteiger partial charge in [0.05, 0.1) is 6.26 Å². The van der Waals surface area contributed by atoms with Gasteiger partial charge in [0.1, 0.15) is 17.2 Å². The van der Waals surface area contributed by atoms with Gasteiger partial charge in [-0.2, -0.15) is 8.78 Å². The summed E-state index contributed by atoms with van der Waals surface area (Å²) in [6.07, 6.45) is 2.83. The molecule has 2 aromatic carbocycles. The fraction of sp³-hybridized carbons (Fsp3) is 0.0909. The number of hydrogen-bond acceptors (Lipinski definition) is 4. The van der Waals surface area contributed by atoms with Crippen LogP contribution in [0.25, 0.3) is 6.08 Å². The summed E-state index contributed by atoms with van der Waals surface area (Å²) in [6.45, 7) is -2.90. The van der Waals surface area contributed by atoms with Crippen molar-refractivity contribution in [2.75, 3.05) is 0 Å². The van der Waals surface area contributed by atoms with E-state index in [0.717, 1.165) is 0 Å². The lowest BCUT2D eigenvalue weighted by Crippen LogP contribution is -2.34. The van der Waals surface area contributed by atoms with Crippen LogP contribution in [0.1, 0.15) is 21.7 Å². The average Bonchev–Trinajstić information content (AvgIpc) is 3.25. The SMILES string of the molecule is O=C(NCc1cccc(OC(F)F)c1)C(=Cc1ccco1)NC(=O)c1ccccc1. The number of amides is 2. The molecule has 2 amide bonds. The molecule has 154 valence electrons. The summed E-state index contributed by atoms with van der Waals surface area (Å²) >= 11 is 0. The number of furan rings is 1. The molecule has 0 aliphatic rings. The van der Waals surface area contributed by atoms with Crippen molar-refractivity contribution in [3.05, 3.63) is 95.6 Å². The highest BCUT2D eigenvalue weighted by Crippen LogP contribution is 2.16. The highest BCUT2D eigenvalue weighted by Gasteiger charge is 2.15. The first-order chi connectivity index (χ1) is 14.5. The standard InChI is InChI=1S/C22H18F2N2O4/c23-22(24)30-18-9-4-6-15(12-18)14-25-21(28)19(13-17-10-5-11-29-17)26-20(27)16-7-2-1-3-8-16/h1-13,22H,14H2,(H,25,28)(H,26,27). The van der Waals surface area contributed by atoms with Crippen molar-refractivity contribution in [1.29, 1.82) is 0 Å². The number of alkyl halides is 2. The van der Waals surface area contributed by atoms with Crippen molar-refractivity contribution in [3.8, 4) is 5.75 Å². The molecular weight excluding hydrogens is 394 g/mol. The second-order valence-electron chi connectivity index (χ2n) is 6.10. The molecule has 8 heteroatoms. The Balaban J connectivity index is 1.72. The maximum Gasteiger partial charge on any atom is 0.387 e. The molecule has 0 spiro atoms. The topological polar surface area (TPSA) is 80.6 Å². The zero-order chi connectivity index (χ0) is 21.3. The average molecular weight is 412 g/mol. The number of nitrogens with one attached hydrogen (secondary N) is 2. The Hall–Kier alpha value is -3.94. The largest absolute Gasteiger partial charge is 0.465 e. The minimum Gasteiger partial charge on any atom is -0.465 e. The molecular formula is C22H18F2N2O4. The van der Waals surface area contributed by atoms with Crippen LogP contribution in [0.4, 0.5) is 8.78 Å². The smallest absolute Gasteiger partial charge is 0.387 e. The van der Waals surface area contributed by atoms with E-state index in [1.165, 1.54) is 30.5 Å². The van der Waals surface area contributed by atoms with Gasteiger partial charge >= 0.3 is 6.61 Å². The minimum absolute atomic E-state index is 0.0134. The van der Waals surface area contributed by atoms with Crippen LogP contribution < -0.4 is 15.4 Å². The molecule has 1 aromatic heterocycles. The molecule has 2 N–H and O–H groups in total. The van der Waals surface area contributed by atoms with E-state index in [1.54, 1.807) is 48.5 Å². The lowest BCUT2D eigenvalue weighted by Gasteiger charge is -2.11. The number of carbonyl (C=O) groups excluding carboxylic acids is 2. The predicted molar refractivity (Wildman–Crippen MR) is 106 cm³/mol. The van der Waals surface area contributed by atoms with E-state index in [1.807, 2.05) is 0 Å². The van der Waals surface area contributed by atoms with Gasteiger partial charge in [0.2, 0.25) is 0 Å². The Morgan fingerprint density at radius 3 is 2.53 bits per heavy atom. The molecule has 0 aliphatic heterocycles. The summed E-state index contributed by atoms with van der Waals surface area (Å²) in [7, 11) is 0. The molecule has 0 atom stereocenters. The van der Waals surface area contributed by atoms with Gasteiger partial charge in [-0.3, -0.25) is 9.59 Å². The van der Waals surface area contributed by atoms with Crippen LogP contribution >= 0.6 is 0 Å². The van der Waals surface area contributed by atoms with Crippen molar-refractivity contribution in [2.45, 2.75) is 13.2 Å². The maximum absolute atomic E-state index is 12.7. The van der Waals surface area contributed by atoms with E-state index in [4.69, 9.17) is 4.42 Å². The summed E-state index contributed by atoms with van der Waals surface area (Å²) < 4.78 is 34.3. The molecule has 1 heterocycles. The van der Waals surface area contributed by atoms with E-state index in [9.17, 15) is 18.4 Å². The van der Waals surface area contributed by atoms with Gasteiger partial charge in [0.25, 0.3) is 11.8 Å². The van der Waals surface area contributed by atoms with Gasteiger partial charge < -0.3 is 19.8 Å². The summed E-state index contributed by atoms with van der Waals surface area (Å²) in [5.74, 6) is -0.673. The third-order valence-corrected chi connectivity index (χ3v) is 3.94. The number of ether oxygens (including phenoxy) is 1. The van der Waals surface area contributed by atoms with Crippen molar-refractivity contribution < 1.29 is 27.5 Å². The van der Waals surface area contributed by atoms with Crippen LogP contribution in [0.2, 0.25) is 0 Å². The number of carbonyl (C=O) groups is 2. The van der Waals surface area contributed by atoms with Gasteiger partial charge in [0.15, 0.2) is 0 Å². The highest BCUT2D eigenvalue weighted by atomic mass is 19.3. The molecule has 0 saturated carbocycles. The van der Waals surface area contributed by atoms with Crippen LogP contribution in [0.3, 0.4) is 0 Å². The Bertz CT molecular complexity index is 1020. The van der Waals surface area contributed by atoms with Crippen molar-refractivity contribution in [3.63, 3.8) is 0 Å². The van der Waals surface area contributed by atoms with Gasteiger partial charge in [-0.05, 0) is 42.0 Å². The van der Waals surface area contributed by atoms with Crippen LogP contribution in [0.15, 0.2) is 83.1 Å². The second-order valence-corrected chi connectivity index (χ2v) is 6.10. The number of halogens is 2. The Morgan fingerprint density at radius 1 is 1.03 bits per heavy atom. The van der Waals surface area contributed by atoms with Crippen molar-refractivity contribution in [1.82, 2.24) is 10.6 Å². The summed E-state index contributed by atoms with van der Waals surface area (Å²) in [6, 6.07) is 17.7. The number of hydrogen-bond donors (Lipinski definition) is 2. The third-order valence-electron chi connectivity index (χ3n) is 3.94. The molecule has 0 unspecified atom stereocenters. The Kier molecular flexibility index (Phi) is 6.94. The van der Waals surface area contributed by atoms with Crippen molar-refractivity contribution >= 4 is 17.9 Å². The summed E-state index contributed by atoms with van der Waals surface area (Å²) in [4.78, 5) is 25.1. The maximum atomic E-state index is 12.7. The summed E-state index contributed by atoms with van der Waals surface area (Å²) in [5.41, 5.74) is 0.902. The third kappa shape index (κ3) is 6.03. The molecule has 0 saturated heterocycles. The first-order valence-electron chi connectivity index (χ1n) is 8.95. The van der Waals surface area contributed by atoms with E-state index in [2.05, 4.69) is 15.4 Å². The lowest BCUT2D eigenvalue weighted by atomic mass is 10.2. The van der Waals surface area contributed by atoms with E-state index < -0.39 is 18.4 Å². The van der Waals surface area contributed by atoms with Crippen LogP contribution in [-0.2, 0) is 11.3 Å². The normalized spacial score (nSPS) is 11.2. The predicted octanol–water partition coefficient (Wildman–Crippen LogP) is 3.97. The number of rotatable bonds is 8. The van der Waals surface area contributed by atoms with Crippen molar-refractivity contribution in [2.24, 2.45) is 0 Å². The van der Waals surface area contributed by atoms with Gasteiger partial charge in [-0.1, -0.05) is 30.3 Å².